The van der Waals surface area contributed by atoms with Crippen LogP contribution in [0.25, 0.3) is 0 Å². The van der Waals surface area contributed by atoms with Crippen molar-refractivity contribution in [3.8, 4) is 11.5 Å². The summed E-state index contributed by atoms with van der Waals surface area (Å²) in [6, 6.07) is 9.85. The quantitative estimate of drug-likeness (QED) is 0.882. The number of aromatic hydroxyl groups is 1. The van der Waals surface area contributed by atoms with E-state index >= 15 is 0 Å². The molecule has 0 aliphatic carbocycles. The fraction of sp³-hybridized carbons (Fsp3) is 0.143. The second-order valence-electron chi connectivity index (χ2n) is 4.36. The van der Waals surface area contributed by atoms with Crippen LogP contribution in [-0.4, -0.2) is 11.7 Å². The van der Waals surface area contributed by atoms with Gasteiger partial charge in [-0.3, -0.25) is 0 Å². The third-order valence-corrected chi connectivity index (χ3v) is 3.68. The first-order valence-electron chi connectivity index (χ1n) is 5.81. The maximum Gasteiger partial charge on any atom is 0.139 e. The molecule has 0 radical (unpaired) electrons. The summed E-state index contributed by atoms with van der Waals surface area (Å²) in [5.74, 6) is 0.527. The third kappa shape index (κ3) is 2.38. The summed E-state index contributed by atoms with van der Waals surface area (Å²) in [7, 11) is 0. The highest BCUT2D eigenvalue weighted by Gasteiger charge is 2.24. The van der Waals surface area contributed by atoms with Crippen molar-refractivity contribution >= 4 is 21.6 Å². The zero-order valence-electron chi connectivity index (χ0n) is 9.86. The van der Waals surface area contributed by atoms with E-state index in [-0.39, 0.29) is 17.6 Å². The maximum atomic E-state index is 13.5. The number of anilines is 1. The van der Waals surface area contributed by atoms with Crippen molar-refractivity contribution < 1.29 is 14.2 Å². The van der Waals surface area contributed by atoms with Gasteiger partial charge >= 0.3 is 0 Å². The van der Waals surface area contributed by atoms with Gasteiger partial charge in [-0.05, 0) is 46.3 Å². The first-order valence-corrected chi connectivity index (χ1v) is 6.60. The molecule has 0 spiro atoms. The van der Waals surface area contributed by atoms with Gasteiger partial charge in [0.1, 0.15) is 23.9 Å². The van der Waals surface area contributed by atoms with E-state index in [9.17, 15) is 9.50 Å². The molecule has 3 rings (SSSR count). The Morgan fingerprint density at radius 2 is 2.11 bits per heavy atom. The summed E-state index contributed by atoms with van der Waals surface area (Å²) in [6.07, 6.45) is 0. The van der Waals surface area contributed by atoms with Crippen LogP contribution in [0.2, 0.25) is 0 Å². The van der Waals surface area contributed by atoms with Gasteiger partial charge in [0.25, 0.3) is 0 Å². The van der Waals surface area contributed by atoms with Crippen molar-refractivity contribution in [2.45, 2.75) is 6.04 Å². The summed E-state index contributed by atoms with van der Waals surface area (Å²) >= 11 is 3.12. The van der Waals surface area contributed by atoms with Gasteiger partial charge in [0.2, 0.25) is 0 Å². The van der Waals surface area contributed by atoms with Gasteiger partial charge in [-0.1, -0.05) is 0 Å². The molecule has 2 aromatic rings. The van der Waals surface area contributed by atoms with E-state index in [1.54, 1.807) is 24.3 Å². The number of phenols is 1. The highest BCUT2D eigenvalue weighted by molar-refractivity contribution is 9.10. The van der Waals surface area contributed by atoms with Crippen LogP contribution >= 0.6 is 15.9 Å². The number of halogens is 2. The van der Waals surface area contributed by atoms with E-state index in [1.807, 2.05) is 6.07 Å². The molecule has 0 amide bonds. The molecule has 0 fully saturated rings. The van der Waals surface area contributed by atoms with Crippen molar-refractivity contribution in [3.63, 3.8) is 0 Å². The summed E-state index contributed by atoms with van der Waals surface area (Å²) in [5, 5.41) is 12.6. The zero-order chi connectivity index (χ0) is 13.4. The topological polar surface area (TPSA) is 41.5 Å². The normalized spacial score (nSPS) is 16.8. The van der Waals surface area contributed by atoms with Crippen LogP contribution in [0.5, 0.6) is 11.5 Å². The predicted molar refractivity (Wildman–Crippen MR) is 74.1 cm³/mol. The second-order valence-corrected chi connectivity index (χ2v) is 5.21. The molecule has 0 aromatic heterocycles. The van der Waals surface area contributed by atoms with Crippen LogP contribution in [0.3, 0.4) is 0 Å². The van der Waals surface area contributed by atoms with Gasteiger partial charge in [-0.25, -0.2) is 4.39 Å². The average Bonchev–Trinajstić information content (AvgIpc) is 2.76. The lowest BCUT2D eigenvalue weighted by atomic mass is 10.1. The van der Waals surface area contributed by atoms with Crippen LogP contribution in [-0.2, 0) is 0 Å². The Kier molecular flexibility index (Phi) is 3.06. The van der Waals surface area contributed by atoms with Gasteiger partial charge in [0.05, 0.1) is 10.5 Å². The lowest BCUT2D eigenvalue weighted by molar-refractivity contribution is 0.338. The molecular weight excluding hydrogens is 313 g/mol. The Balaban J connectivity index is 1.84. The standard InChI is InChI=1S/C14H11BrFNO2/c15-11-4-1-8(5-12(11)16)17-13-7-19-14-6-9(18)2-3-10(13)14/h1-6,13,17-18H,7H2. The number of ether oxygens (including phenoxy) is 1. The summed E-state index contributed by atoms with van der Waals surface area (Å²) < 4.78 is 19.4. The number of benzene rings is 2. The minimum Gasteiger partial charge on any atom is -0.508 e. The molecule has 1 heterocycles. The molecule has 1 atom stereocenters. The molecule has 5 heteroatoms. The Hall–Kier alpha value is -1.75. The van der Waals surface area contributed by atoms with Gasteiger partial charge in [-0.15, -0.1) is 0 Å². The van der Waals surface area contributed by atoms with E-state index in [1.165, 1.54) is 6.07 Å². The number of phenolic OH excluding ortho intramolecular Hbond substituents is 1. The smallest absolute Gasteiger partial charge is 0.139 e. The highest BCUT2D eigenvalue weighted by atomic mass is 79.9. The van der Waals surface area contributed by atoms with E-state index in [4.69, 9.17) is 4.74 Å². The molecule has 1 unspecified atom stereocenters. The monoisotopic (exact) mass is 323 g/mol. The number of hydrogen-bond donors (Lipinski definition) is 2. The average molecular weight is 324 g/mol. The van der Waals surface area contributed by atoms with E-state index in [0.717, 1.165) is 5.56 Å². The van der Waals surface area contributed by atoms with Crippen LogP contribution in [0, 0.1) is 5.82 Å². The van der Waals surface area contributed by atoms with Crippen molar-refractivity contribution in [3.05, 3.63) is 52.3 Å². The van der Waals surface area contributed by atoms with Crippen LogP contribution < -0.4 is 10.1 Å². The molecule has 2 aromatic carbocycles. The molecular formula is C14H11BrFNO2. The minimum absolute atomic E-state index is 0.0452. The van der Waals surface area contributed by atoms with Crippen LogP contribution in [0.4, 0.5) is 10.1 Å². The first kappa shape index (κ1) is 12.3. The maximum absolute atomic E-state index is 13.5. The third-order valence-electron chi connectivity index (χ3n) is 3.04. The van der Waals surface area contributed by atoms with E-state index in [2.05, 4.69) is 21.2 Å². The van der Waals surface area contributed by atoms with Gasteiger partial charge in [0, 0.05) is 17.3 Å². The van der Waals surface area contributed by atoms with Crippen LogP contribution in [0.1, 0.15) is 11.6 Å². The van der Waals surface area contributed by atoms with Gasteiger partial charge < -0.3 is 15.2 Å². The number of hydrogen-bond acceptors (Lipinski definition) is 3. The Morgan fingerprint density at radius 1 is 1.26 bits per heavy atom. The van der Waals surface area contributed by atoms with Gasteiger partial charge in [0.15, 0.2) is 0 Å². The Morgan fingerprint density at radius 3 is 2.89 bits per heavy atom. The second kappa shape index (κ2) is 4.74. The van der Waals surface area contributed by atoms with Crippen molar-refractivity contribution in [1.82, 2.24) is 0 Å². The largest absolute Gasteiger partial charge is 0.508 e. The number of nitrogens with one attached hydrogen (secondary N) is 1. The number of rotatable bonds is 2. The van der Waals surface area contributed by atoms with Gasteiger partial charge in [-0.2, -0.15) is 0 Å². The first-order chi connectivity index (χ1) is 9.13. The molecule has 0 saturated carbocycles. The lowest BCUT2D eigenvalue weighted by Crippen LogP contribution is -2.12. The SMILES string of the molecule is Oc1ccc2c(c1)OCC2Nc1ccc(Br)c(F)c1. The molecule has 1 aliphatic heterocycles. The minimum atomic E-state index is -0.310. The molecule has 0 bridgehead atoms. The summed E-state index contributed by atoms with van der Waals surface area (Å²) in [6.45, 7) is 0.455. The molecule has 2 N–H and O–H groups in total. The molecule has 1 aliphatic rings. The molecule has 3 nitrogen and oxygen atoms in total. The zero-order valence-corrected chi connectivity index (χ0v) is 11.4. The van der Waals surface area contributed by atoms with Crippen molar-refractivity contribution in [2.24, 2.45) is 0 Å². The lowest BCUT2D eigenvalue weighted by Gasteiger charge is -2.13. The summed E-state index contributed by atoms with van der Waals surface area (Å²) in [4.78, 5) is 0. The predicted octanol–water partition coefficient (Wildman–Crippen LogP) is 3.84. The highest BCUT2D eigenvalue weighted by Crippen LogP contribution is 2.36. The number of fused-ring (bicyclic) bond motifs is 1. The molecule has 0 saturated heterocycles. The summed E-state index contributed by atoms with van der Waals surface area (Å²) in [5.41, 5.74) is 1.65. The van der Waals surface area contributed by atoms with Crippen molar-refractivity contribution in [1.29, 1.82) is 0 Å². The Labute approximate surface area is 118 Å². The van der Waals surface area contributed by atoms with Crippen molar-refractivity contribution in [2.75, 3.05) is 11.9 Å². The fourth-order valence-corrected chi connectivity index (χ4v) is 2.35. The van der Waals surface area contributed by atoms with E-state index in [0.29, 0.717) is 22.5 Å². The van der Waals surface area contributed by atoms with E-state index < -0.39 is 0 Å². The molecule has 98 valence electrons. The fourth-order valence-electron chi connectivity index (χ4n) is 2.11. The van der Waals surface area contributed by atoms with Crippen LogP contribution in [0.15, 0.2) is 40.9 Å². The molecule has 19 heavy (non-hydrogen) atoms. The Bertz CT molecular complexity index is 633.